The molecule has 0 spiro atoms. The van der Waals surface area contributed by atoms with Crippen LogP contribution in [-0.4, -0.2) is 71.3 Å². The average molecular weight is 438 g/mol. The molecule has 1 aromatic rings. The van der Waals surface area contributed by atoms with Crippen LogP contribution in [0, 0.1) is 0 Å². The first-order valence-electron chi connectivity index (χ1n) is 10.0. The van der Waals surface area contributed by atoms with E-state index in [1.165, 1.54) is 6.07 Å². The van der Waals surface area contributed by atoms with Gasteiger partial charge >= 0.3 is 6.18 Å². The molecule has 3 heterocycles. The van der Waals surface area contributed by atoms with Crippen LogP contribution < -0.4 is 10.6 Å². The minimum absolute atomic E-state index is 0.0105. The summed E-state index contributed by atoms with van der Waals surface area (Å²) in [5.41, 5.74) is 0.677. The second kappa shape index (κ2) is 8.04. The van der Waals surface area contributed by atoms with Crippen LogP contribution in [0.25, 0.3) is 0 Å². The van der Waals surface area contributed by atoms with Crippen LogP contribution in [0.2, 0.25) is 0 Å². The third kappa shape index (κ3) is 4.19. The quantitative estimate of drug-likeness (QED) is 0.676. The Morgan fingerprint density at radius 3 is 2.58 bits per heavy atom. The van der Waals surface area contributed by atoms with Crippen molar-refractivity contribution < 1.29 is 32.3 Å². The highest BCUT2D eigenvalue weighted by Crippen LogP contribution is 2.32. The largest absolute Gasteiger partial charge is 0.390 e. The number of carbonyl (C=O) groups is 4. The molecule has 3 aliphatic rings. The van der Waals surface area contributed by atoms with Crippen LogP contribution in [0.3, 0.4) is 0 Å². The monoisotopic (exact) mass is 438 g/mol. The number of piperidine rings is 1. The second-order valence-corrected chi connectivity index (χ2v) is 7.93. The maximum Gasteiger partial charge on any atom is 0.390 e. The van der Waals surface area contributed by atoms with Crippen molar-refractivity contribution in [3.63, 3.8) is 0 Å². The molecule has 3 aliphatic heterocycles. The van der Waals surface area contributed by atoms with Gasteiger partial charge in [-0.2, -0.15) is 13.2 Å². The zero-order chi connectivity index (χ0) is 22.3. The SMILES string of the molecule is O=C1CCC(N2C(=O)c3cccc(CN4CCNCC4CC(F)(F)F)c3C2=O)C(=O)N1. The fourth-order valence-electron chi connectivity index (χ4n) is 4.42. The normalized spacial score (nSPS) is 25.1. The van der Waals surface area contributed by atoms with Gasteiger partial charge in [0.25, 0.3) is 11.8 Å². The number of fused-ring (bicyclic) bond motifs is 1. The molecule has 31 heavy (non-hydrogen) atoms. The number of piperazine rings is 1. The topological polar surface area (TPSA) is 98.8 Å². The molecule has 0 bridgehead atoms. The first kappa shape index (κ1) is 21.4. The zero-order valence-corrected chi connectivity index (χ0v) is 16.5. The molecule has 8 nitrogen and oxygen atoms in total. The maximum absolute atomic E-state index is 13.1. The molecule has 2 fully saturated rings. The van der Waals surface area contributed by atoms with Crippen molar-refractivity contribution in [2.75, 3.05) is 19.6 Å². The average Bonchev–Trinajstić information content (AvgIpc) is 2.94. The number of nitrogens with one attached hydrogen (secondary N) is 2. The van der Waals surface area contributed by atoms with E-state index in [9.17, 15) is 32.3 Å². The second-order valence-electron chi connectivity index (χ2n) is 7.93. The van der Waals surface area contributed by atoms with Crippen LogP contribution in [0.5, 0.6) is 0 Å². The third-order valence-electron chi connectivity index (χ3n) is 5.87. The van der Waals surface area contributed by atoms with E-state index in [1.54, 1.807) is 17.0 Å². The molecule has 0 aliphatic carbocycles. The predicted octanol–water partition coefficient (Wildman–Crippen LogP) is 0.814. The summed E-state index contributed by atoms with van der Waals surface area (Å²) in [6, 6.07) is 2.78. The molecule has 166 valence electrons. The number of halogens is 3. The van der Waals surface area contributed by atoms with Gasteiger partial charge in [-0.1, -0.05) is 12.1 Å². The Morgan fingerprint density at radius 2 is 1.87 bits per heavy atom. The molecule has 11 heteroatoms. The Kier molecular flexibility index (Phi) is 5.56. The van der Waals surface area contributed by atoms with Gasteiger partial charge in [-0.05, 0) is 18.1 Å². The molecule has 4 rings (SSSR count). The molecule has 2 unspecified atom stereocenters. The first-order chi connectivity index (χ1) is 14.7. The molecule has 0 aromatic heterocycles. The number of rotatable bonds is 4. The van der Waals surface area contributed by atoms with Crippen molar-refractivity contribution in [1.82, 2.24) is 20.4 Å². The minimum atomic E-state index is -4.32. The van der Waals surface area contributed by atoms with Gasteiger partial charge < -0.3 is 5.32 Å². The summed E-state index contributed by atoms with van der Waals surface area (Å²) in [6.45, 7) is 1.12. The van der Waals surface area contributed by atoms with Crippen molar-refractivity contribution in [2.45, 2.75) is 44.1 Å². The highest BCUT2D eigenvalue weighted by molar-refractivity contribution is 6.24. The number of carbonyl (C=O) groups excluding carboxylic acids is 4. The maximum atomic E-state index is 13.1. The summed E-state index contributed by atoms with van der Waals surface area (Å²) in [7, 11) is 0. The van der Waals surface area contributed by atoms with Crippen molar-refractivity contribution in [3.8, 4) is 0 Å². The molecule has 0 saturated carbocycles. The van der Waals surface area contributed by atoms with Gasteiger partial charge in [0.15, 0.2) is 0 Å². The standard InChI is InChI=1S/C20H21F3N4O4/c21-20(22,23)8-12-9-24-6-7-26(12)10-11-2-1-3-13-16(11)19(31)27(18(13)30)14-4-5-15(28)25-17(14)29/h1-3,12,14,24H,4-10H2,(H,25,28,29). The van der Waals surface area contributed by atoms with E-state index in [2.05, 4.69) is 10.6 Å². The molecule has 1 aromatic carbocycles. The van der Waals surface area contributed by atoms with Gasteiger partial charge in [-0.25, -0.2) is 0 Å². The highest BCUT2D eigenvalue weighted by atomic mass is 19.4. The fourth-order valence-corrected chi connectivity index (χ4v) is 4.42. The molecule has 2 atom stereocenters. The van der Waals surface area contributed by atoms with E-state index in [4.69, 9.17) is 0 Å². The Labute approximate surface area is 175 Å². The Morgan fingerprint density at radius 1 is 1.10 bits per heavy atom. The van der Waals surface area contributed by atoms with Gasteiger partial charge in [0, 0.05) is 38.6 Å². The van der Waals surface area contributed by atoms with E-state index in [0.717, 1.165) is 4.90 Å². The summed E-state index contributed by atoms with van der Waals surface area (Å²) >= 11 is 0. The summed E-state index contributed by atoms with van der Waals surface area (Å²) in [4.78, 5) is 52.2. The fraction of sp³-hybridized carbons (Fsp3) is 0.500. The predicted molar refractivity (Wildman–Crippen MR) is 101 cm³/mol. The molecule has 0 radical (unpaired) electrons. The van der Waals surface area contributed by atoms with Crippen LogP contribution in [0.1, 0.15) is 45.5 Å². The Balaban J connectivity index is 1.60. The van der Waals surface area contributed by atoms with Crippen molar-refractivity contribution >= 4 is 23.6 Å². The van der Waals surface area contributed by atoms with E-state index in [1.807, 2.05) is 0 Å². The van der Waals surface area contributed by atoms with E-state index in [-0.39, 0.29) is 37.1 Å². The molecule has 2 saturated heterocycles. The lowest BCUT2D eigenvalue weighted by atomic mass is 10.0. The number of hydrogen-bond donors (Lipinski definition) is 2. The van der Waals surface area contributed by atoms with Gasteiger partial charge in [0.05, 0.1) is 17.5 Å². The number of nitrogens with zero attached hydrogens (tertiary/aromatic N) is 2. The lowest BCUT2D eigenvalue weighted by Crippen LogP contribution is -2.54. The lowest BCUT2D eigenvalue weighted by molar-refractivity contribution is -0.149. The van der Waals surface area contributed by atoms with Gasteiger partial charge in [-0.3, -0.25) is 34.3 Å². The molecular formula is C20H21F3N4O4. The molecule has 4 amide bonds. The first-order valence-corrected chi connectivity index (χ1v) is 10.0. The van der Waals surface area contributed by atoms with Gasteiger partial charge in [-0.15, -0.1) is 0 Å². The molecular weight excluding hydrogens is 417 g/mol. The van der Waals surface area contributed by atoms with Crippen LogP contribution in [0.4, 0.5) is 13.2 Å². The number of alkyl halides is 3. The summed E-state index contributed by atoms with van der Waals surface area (Å²) < 4.78 is 39.0. The summed E-state index contributed by atoms with van der Waals surface area (Å²) in [5.74, 6) is -2.47. The summed E-state index contributed by atoms with van der Waals surface area (Å²) in [5, 5.41) is 5.09. The summed E-state index contributed by atoms with van der Waals surface area (Å²) in [6.07, 6.45) is -5.26. The number of imide groups is 2. The number of benzene rings is 1. The van der Waals surface area contributed by atoms with Crippen LogP contribution in [0.15, 0.2) is 18.2 Å². The minimum Gasteiger partial charge on any atom is -0.314 e. The molecule has 2 N–H and O–H groups in total. The van der Waals surface area contributed by atoms with Crippen LogP contribution >= 0.6 is 0 Å². The highest BCUT2D eigenvalue weighted by Gasteiger charge is 2.46. The Hall–Kier alpha value is -2.79. The number of hydrogen-bond acceptors (Lipinski definition) is 6. The van der Waals surface area contributed by atoms with E-state index < -0.39 is 48.3 Å². The van der Waals surface area contributed by atoms with Crippen molar-refractivity contribution in [3.05, 3.63) is 34.9 Å². The number of amides is 4. The van der Waals surface area contributed by atoms with Crippen LogP contribution in [-0.2, 0) is 16.1 Å². The van der Waals surface area contributed by atoms with Crippen molar-refractivity contribution in [1.29, 1.82) is 0 Å². The van der Waals surface area contributed by atoms with Gasteiger partial charge in [0.1, 0.15) is 6.04 Å². The smallest absolute Gasteiger partial charge is 0.314 e. The Bertz CT molecular complexity index is 949. The van der Waals surface area contributed by atoms with E-state index >= 15 is 0 Å². The zero-order valence-electron chi connectivity index (χ0n) is 16.5. The third-order valence-corrected chi connectivity index (χ3v) is 5.87. The lowest BCUT2D eigenvalue weighted by Gasteiger charge is -2.37. The van der Waals surface area contributed by atoms with E-state index in [0.29, 0.717) is 18.7 Å². The van der Waals surface area contributed by atoms with Gasteiger partial charge in [0.2, 0.25) is 11.8 Å². The van der Waals surface area contributed by atoms with Crippen molar-refractivity contribution in [2.24, 2.45) is 0 Å².